The van der Waals surface area contributed by atoms with E-state index in [0.29, 0.717) is 12.6 Å². The van der Waals surface area contributed by atoms with Gasteiger partial charge in [0.25, 0.3) is 0 Å². The molecular weight excluding hydrogens is 266 g/mol. The molecule has 1 aromatic heterocycles. The smallest absolute Gasteiger partial charge is 0.206 e. The second-order valence-corrected chi connectivity index (χ2v) is 4.56. The number of nitrogens with two attached hydrogens (primary N) is 1. The van der Waals surface area contributed by atoms with Crippen molar-refractivity contribution in [2.75, 3.05) is 19.5 Å². The van der Waals surface area contributed by atoms with Gasteiger partial charge in [0, 0.05) is 6.07 Å². The first kappa shape index (κ1) is 13.3. The lowest BCUT2D eigenvalue weighted by atomic mass is 10.2. The number of ether oxygens (including phenoxy) is 2. The van der Waals surface area contributed by atoms with E-state index in [1.807, 2.05) is 54.0 Å². The number of hydrogen-bond donors (Lipinski definition) is 1. The lowest BCUT2D eigenvalue weighted by molar-refractivity contribution is 0.339. The molecule has 2 aromatic carbocycles. The summed E-state index contributed by atoms with van der Waals surface area (Å²) in [5.74, 6) is 1.96. The predicted molar refractivity (Wildman–Crippen MR) is 83.2 cm³/mol. The van der Waals surface area contributed by atoms with Gasteiger partial charge in [-0.25, -0.2) is 4.98 Å². The Kier molecular flexibility index (Phi) is 3.39. The molecule has 0 amide bonds. The quantitative estimate of drug-likeness (QED) is 0.799. The molecule has 5 nitrogen and oxygen atoms in total. The molecule has 0 fully saturated rings. The Morgan fingerprint density at radius 1 is 1.19 bits per heavy atom. The summed E-state index contributed by atoms with van der Waals surface area (Å²) in [5.41, 5.74) is 8.68. The van der Waals surface area contributed by atoms with Crippen LogP contribution in [0.4, 0.5) is 5.95 Å². The van der Waals surface area contributed by atoms with Crippen molar-refractivity contribution in [3.05, 3.63) is 42.5 Å². The van der Waals surface area contributed by atoms with E-state index in [9.17, 15) is 0 Å². The van der Waals surface area contributed by atoms with Gasteiger partial charge in [-0.3, -0.25) is 4.57 Å². The van der Waals surface area contributed by atoms with Crippen LogP contribution in [0.15, 0.2) is 42.5 Å². The van der Waals surface area contributed by atoms with E-state index in [0.717, 1.165) is 28.2 Å². The highest BCUT2D eigenvalue weighted by Crippen LogP contribution is 2.30. The molecule has 5 heteroatoms. The van der Waals surface area contributed by atoms with Gasteiger partial charge in [-0.15, -0.1) is 0 Å². The molecule has 0 unspecified atom stereocenters. The Balaban J connectivity index is 2.23. The number of aromatic nitrogens is 2. The fourth-order valence-corrected chi connectivity index (χ4v) is 2.38. The van der Waals surface area contributed by atoms with Crippen molar-refractivity contribution in [1.29, 1.82) is 0 Å². The molecule has 0 radical (unpaired) electrons. The first-order chi connectivity index (χ1) is 10.2. The number of rotatable bonds is 4. The van der Waals surface area contributed by atoms with Crippen molar-refractivity contribution in [1.82, 2.24) is 9.55 Å². The molecule has 0 bridgehead atoms. The zero-order valence-corrected chi connectivity index (χ0v) is 12.0. The highest BCUT2D eigenvalue weighted by atomic mass is 16.5. The molecule has 0 saturated carbocycles. The molecule has 0 aliphatic heterocycles. The Bertz CT molecular complexity index is 780. The maximum atomic E-state index is 6.10. The number of anilines is 1. The molecule has 1 heterocycles. The summed E-state index contributed by atoms with van der Waals surface area (Å²) in [6.07, 6.45) is 0. The topological polar surface area (TPSA) is 62.3 Å². The van der Waals surface area contributed by atoms with Crippen molar-refractivity contribution in [3.63, 3.8) is 0 Å². The fourth-order valence-electron chi connectivity index (χ4n) is 2.38. The molecule has 0 saturated heterocycles. The minimum absolute atomic E-state index is 0.422. The van der Waals surface area contributed by atoms with Crippen molar-refractivity contribution in [2.45, 2.75) is 6.92 Å². The molecule has 0 aliphatic rings. The number of para-hydroxylation sites is 2. The van der Waals surface area contributed by atoms with Crippen LogP contribution in [0.2, 0.25) is 0 Å². The van der Waals surface area contributed by atoms with Crippen molar-refractivity contribution in [2.24, 2.45) is 0 Å². The van der Waals surface area contributed by atoms with Crippen LogP contribution in [0.1, 0.15) is 6.92 Å². The normalized spacial score (nSPS) is 10.8. The molecule has 108 valence electrons. The van der Waals surface area contributed by atoms with Crippen LogP contribution in [0, 0.1) is 0 Å². The van der Waals surface area contributed by atoms with Crippen molar-refractivity contribution >= 4 is 17.0 Å². The van der Waals surface area contributed by atoms with E-state index in [-0.39, 0.29) is 0 Å². The molecular formula is C16H17N3O2. The number of nitrogens with zero attached hydrogens (tertiary/aromatic N) is 2. The maximum Gasteiger partial charge on any atom is 0.206 e. The van der Waals surface area contributed by atoms with Gasteiger partial charge in [-0.2, -0.15) is 0 Å². The minimum atomic E-state index is 0.422. The van der Waals surface area contributed by atoms with E-state index < -0.39 is 0 Å². The summed E-state index contributed by atoms with van der Waals surface area (Å²) in [7, 11) is 1.63. The van der Waals surface area contributed by atoms with E-state index in [1.165, 1.54) is 0 Å². The van der Waals surface area contributed by atoms with Crippen LogP contribution in [0.5, 0.6) is 11.5 Å². The lowest BCUT2D eigenvalue weighted by Gasteiger charge is -2.12. The minimum Gasteiger partial charge on any atom is -0.497 e. The maximum absolute atomic E-state index is 6.10. The van der Waals surface area contributed by atoms with Crippen LogP contribution in [-0.2, 0) is 0 Å². The Hall–Kier alpha value is -2.69. The number of nitrogen functional groups attached to an aromatic ring is 1. The average Bonchev–Trinajstić information content (AvgIpc) is 2.83. The van der Waals surface area contributed by atoms with Crippen LogP contribution in [0.25, 0.3) is 16.7 Å². The molecule has 3 aromatic rings. The number of methoxy groups -OCH3 is 1. The summed E-state index contributed by atoms with van der Waals surface area (Å²) in [6, 6.07) is 13.5. The third-order valence-electron chi connectivity index (χ3n) is 3.29. The van der Waals surface area contributed by atoms with E-state index in [2.05, 4.69) is 4.98 Å². The van der Waals surface area contributed by atoms with E-state index in [1.54, 1.807) is 7.11 Å². The predicted octanol–water partition coefficient (Wildman–Crippen LogP) is 3.02. The van der Waals surface area contributed by atoms with Gasteiger partial charge in [0.2, 0.25) is 5.95 Å². The summed E-state index contributed by atoms with van der Waals surface area (Å²) >= 11 is 0. The van der Waals surface area contributed by atoms with Crippen LogP contribution >= 0.6 is 0 Å². The van der Waals surface area contributed by atoms with Crippen LogP contribution < -0.4 is 15.2 Å². The highest BCUT2D eigenvalue weighted by Gasteiger charge is 2.14. The zero-order valence-electron chi connectivity index (χ0n) is 12.0. The second-order valence-electron chi connectivity index (χ2n) is 4.56. The summed E-state index contributed by atoms with van der Waals surface area (Å²) in [5, 5.41) is 0. The number of hydrogen-bond acceptors (Lipinski definition) is 4. The van der Waals surface area contributed by atoms with Crippen molar-refractivity contribution < 1.29 is 9.47 Å². The zero-order chi connectivity index (χ0) is 14.8. The monoisotopic (exact) mass is 283 g/mol. The summed E-state index contributed by atoms with van der Waals surface area (Å²) in [6.45, 7) is 2.55. The third-order valence-corrected chi connectivity index (χ3v) is 3.29. The number of fused-ring (bicyclic) bond motifs is 1. The van der Waals surface area contributed by atoms with Crippen LogP contribution in [-0.4, -0.2) is 23.3 Å². The molecule has 21 heavy (non-hydrogen) atoms. The molecule has 0 atom stereocenters. The largest absolute Gasteiger partial charge is 0.497 e. The Morgan fingerprint density at radius 2 is 2.00 bits per heavy atom. The third kappa shape index (κ3) is 2.27. The molecule has 3 rings (SSSR count). The van der Waals surface area contributed by atoms with Gasteiger partial charge in [-0.1, -0.05) is 12.1 Å². The first-order valence-corrected chi connectivity index (χ1v) is 6.78. The number of imidazole rings is 1. The average molecular weight is 283 g/mol. The SMILES string of the molecule is CCOc1ccccc1-n1c(N)nc2cc(OC)ccc21. The van der Waals surface area contributed by atoms with Gasteiger partial charge in [0.1, 0.15) is 11.5 Å². The summed E-state index contributed by atoms with van der Waals surface area (Å²) in [4.78, 5) is 4.40. The molecule has 0 spiro atoms. The van der Waals surface area contributed by atoms with E-state index in [4.69, 9.17) is 15.2 Å². The Labute approximate surface area is 122 Å². The summed E-state index contributed by atoms with van der Waals surface area (Å²) < 4.78 is 12.8. The highest BCUT2D eigenvalue weighted by molar-refractivity contribution is 5.82. The number of benzene rings is 2. The fraction of sp³-hybridized carbons (Fsp3) is 0.188. The van der Waals surface area contributed by atoms with Gasteiger partial charge >= 0.3 is 0 Å². The Morgan fingerprint density at radius 3 is 2.76 bits per heavy atom. The van der Waals surface area contributed by atoms with Gasteiger partial charge in [-0.05, 0) is 31.2 Å². The van der Waals surface area contributed by atoms with Gasteiger partial charge in [0.15, 0.2) is 0 Å². The standard InChI is InChI=1S/C16H17N3O2/c1-3-21-15-7-5-4-6-14(15)19-13-9-8-11(20-2)10-12(13)18-16(19)17/h4-10H,3H2,1-2H3,(H2,17,18). The molecule has 2 N–H and O–H groups in total. The van der Waals surface area contributed by atoms with Gasteiger partial charge < -0.3 is 15.2 Å². The van der Waals surface area contributed by atoms with Gasteiger partial charge in [0.05, 0.1) is 30.4 Å². The van der Waals surface area contributed by atoms with E-state index >= 15 is 0 Å². The first-order valence-electron chi connectivity index (χ1n) is 6.78. The lowest BCUT2D eigenvalue weighted by Crippen LogP contribution is -2.04. The molecule has 0 aliphatic carbocycles. The van der Waals surface area contributed by atoms with Crippen molar-refractivity contribution in [3.8, 4) is 17.2 Å². The van der Waals surface area contributed by atoms with Crippen LogP contribution in [0.3, 0.4) is 0 Å². The second kappa shape index (κ2) is 5.36.